The fourth-order valence-corrected chi connectivity index (χ4v) is 2.55. The number of aromatic amines is 1. The minimum absolute atomic E-state index is 0.226. The van der Waals surface area contributed by atoms with E-state index in [9.17, 15) is 4.79 Å². The summed E-state index contributed by atoms with van der Waals surface area (Å²) in [4.78, 5) is 14.8. The molecule has 2 N–H and O–H groups in total. The van der Waals surface area contributed by atoms with Crippen molar-refractivity contribution in [2.75, 3.05) is 0 Å². The van der Waals surface area contributed by atoms with Crippen LogP contribution in [-0.4, -0.2) is 31.4 Å². The van der Waals surface area contributed by atoms with Crippen LogP contribution in [0.15, 0.2) is 53.1 Å². The molecule has 0 aliphatic carbocycles. The Morgan fingerprint density at radius 3 is 2.72 bits per heavy atom. The summed E-state index contributed by atoms with van der Waals surface area (Å²) in [5.74, 6) is -1.47. The monoisotopic (exact) mass is 332 g/mol. The fourth-order valence-electron chi connectivity index (χ4n) is 2.55. The molecule has 0 unspecified atom stereocenters. The zero-order valence-electron chi connectivity index (χ0n) is 12.9. The Hall–Kier alpha value is -3.74. The molecule has 0 saturated heterocycles. The molecule has 0 fully saturated rings. The maximum absolute atomic E-state index is 10.9. The molecule has 7 heteroatoms. The molecule has 0 bridgehead atoms. The van der Waals surface area contributed by atoms with E-state index in [0.29, 0.717) is 5.56 Å². The van der Waals surface area contributed by atoms with Gasteiger partial charge in [0.2, 0.25) is 5.82 Å². The highest BCUT2D eigenvalue weighted by Crippen LogP contribution is 2.24. The number of aromatic carboxylic acids is 1. The second-order valence-electron chi connectivity index (χ2n) is 5.30. The van der Waals surface area contributed by atoms with E-state index < -0.39 is 11.9 Å². The summed E-state index contributed by atoms with van der Waals surface area (Å²) >= 11 is 0. The molecule has 0 aliphatic heterocycles. The number of nitrogens with zero attached hydrogens (tertiary/aromatic N) is 3. The van der Waals surface area contributed by atoms with Gasteiger partial charge in [0.25, 0.3) is 0 Å². The van der Waals surface area contributed by atoms with Crippen LogP contribution >= 0.6 is 0 Å². The zero-order chi connectivity index (χ0) is 17.2. The van der Waals surface area contributed by atoms with Crippen LogP contribution in [0, 0.1) is 0 Å². The van der Waals surface area contributed by atoms with Gasteiger partial charge in [0, 0.05) is 10.9 Å². The largest absolute Gasteiger partial charge is 0.474 e. The van der Waals surface area contributed by atoms with Gasteiger partial charge in [-0.2, -0.15) is 10.1 Å². The molecule has 2 heterocycles. The first-order valence-electron chi connectivity index (χ1n) is 7.50. The summed E-state index contributed by atoms with van der Waals surface area (Å²) in [5.41, 5.74) is 3.27. The SMILES string of the molecule is O=C(O)c1nc(-c2ccccc2C=Cc2n[nH]c3ccccc23)no1. The number of rotatable bonds is 4. The standard InChI is InChI=1S/C18H12N4O3/c23-18(24)17-19-16(22-25-17)12-6-2-1-5-11(12)9-10-15-13-7-3-4-8-14(13)20-21-15/h1-10H,(H,20,21)(H,23,24). The van der Waals surface area contributed by atoms with Gasteiger partial charge < -0.3 is 9.63 Å². The minimum Gasteiger partial charge on any atom is -0.474 e. The summed E-state index contributed by atoms with van der Waals surface area (Å²) in [6, 6.07) is 15.2. The van der Waals surface area contributed by atoms with Gasteiger partial charge in [-0.25, -0.2) is 4.79 Å². The summed E-state index contributed by atoms with van der Waals surface area (Å²) in [5, 5.41) is 21.0. The minimum atomic E-state index is -1.25. The molecule has 122 valence electrons. The summed E-state index contributed by atoms with van der Waals surface area (Å²) in [6.07, 6.45) is 3.77. The number of H-pyrrole nitrogens is 1. The quantitative estimate of drug-likeness (QED) is 0.593. The maximum atomic E-state index is 10.9. The van der Waals surface area contributed by atoms with Crippen LogP contribution in [-0.2, 0) is 0 Å². The van der Waals surface area contributed by atoms with Crippen molar-refractivity contribution < 1.29 is 14.4 Å². The smallest absolute Gasteiger partial charge is 0.394 e. The number of para-hydroxylation sites is 1. The fraction of sp³-hybridized carbons (Fsp3) is 0. The highest BCUT2D eigenvalue weighted by atomic mass is 16.5. The van der Waals surface area contributed by atoms with Crippen LogP contribution in [0.3, 0.4) is 0 Å². The Labute approximate surface area is 141 Å². The average molecular weight is 332 g/mol. The first-order chi connectivity index (χ1) is 12.2. The lowest BCUT2D eigenvalue weighted by Crippen LogP contribution is -1.95. The summed E-state index contributed by atoms with van der Waals surface area (Å²) in [7, 11) is 0. The van der Waals surface area contributed by atoms with Gasteiger partial charge in [0.1, 0.15) is 0 Å². The molecule has 2 aromatic carbocycles. The third-order valence-corrected chi connectivity index (χ3v) is 3.73. The van der Waals surface area contributed by atoms with E-state index >= 15 is 0 Å². The van der Waals surface area contributed by atoms with E-state index in [1.807, 2.05) is 54.6 Å². The number of aromatic nitrogens is 4. The predicted molar refractivity (Wildman–Crippen MR) is 91.7 cm³/mol. The molecule has 25 heavy (non-hydrogen) atoms. The molecular weight excluding hydrogens is 320 g/mol. The van der Waals surface area contributed by atoms with Crippen LogP contribution < -0.4 is 0 Å². The van der Waals surface area contributed by atoms with Gasteiger partial charge in [0.15, 0.2) is 0 Å². The molecule has 7 nitrogen and oxygen atoms in total. The zero-order valence-corrected chi connectivity index (χ0v) is 12.9. The van der Waals surface area contributed by atoms with Crippen molar-refractivity contribution in [3.05, 3.63) is 65.7 Å². The van der Waals surface area contributed by atoms with Crippen molar-refractivity contribution in [1.82, 2.24) is 20.3 Å². The molecule has 0 aliphatic rings. The lowest BCUT2D eigenvalue weighted by Gasteiger charge is -2.00. The van der Waals surface area contributed by atoms with E-state index in [2.05, 4.69) is 20.3 Å². The molecule has 4 rings (SSSR count). The Morgan fingerprint density at radius 2 is 1.88 bits per heavy atom. The number of carboxylic acids is 1. The van der Waals surface area contributed by atoms with Gasteiger partial charge in [-0.15, -0.1) is 0 Å². The second-order valence-corrected chi connectivity index (χ2v) is 5.30. The van der Waals surface area contributed by atoms with Crippen LogP contribution in [0.2, 0.25) is 0 Å². The predicted octanol–water partition coefficient (Wildman–Crippen LogP) is 3.48. The molecule has 2 aromatic heterocycles. The molecule has 0 atom stereocenters. The third kappa shape index (κ3) is 2.78. The molecule has 0 radical (unpaired) electrons. The van der Waals surface area contributed by atoms with E-state index in [-0.39, 0.29) is 5.82 Å². The molecular formula is C18H12N4O3. The number of hydrogen-bond acceptors (Lipinski definition) is 5. The van der Waals surface area contributed by atoms with Crippen LogP contribution in [0.25, 0.3) is 34.4 Å². The topological polar surface area (TPSA) is 105 Å². The number of benzene rings is 2. The summed E-state index contributed by atoms with van der Waals surface area (Å²) in [6.45, 7) is 0. The number of hydrogen-bond donors (Lipinski definition) is 2. The maximum Gasteiger partial charge on any atom is 0.394 e. The molecule has 0 spiro atoms. The molecule has 4 aromatic rings. The van der Waals surface area contributed by atoms with Crippen molar-refractivity contribution >= 4 is 29.0 Å². The van der Waals surface area contributed by atoms with Gasteiger partial charge in [-0.05, 0) is 17.7 Å². The molecule has 0 saturated carbocycles. The lowest BCUT2D eigenvalue weighted by atomic mass is 10.1. The lowest BCUT2D eigenvalue weighted by molar-refractivity contribution is 0.0643. The van der Waals surface area contributed by atoms with Crippen molar-refractivity contribution in [2.45, 2.75) is 0 Å². The highest BCUT2D eigenvalue weighted by molar-refractivity contribution is 5.90. The van der Waals surface area contributed by atoms with Crippen LogP contribution in [0.5, 0.6) is 0 Å². The van der Waals surface area contributed by atoms with Crippen molar-refractivity contribution in [3.63, 3.8) is 0 Å². The van der Waals surface area contributed by atoms with Gasteiger partial charge in [-0.3, -0.25) is 5.10 Å². The van der Waals surface area contributed by atoms with Gasteiger partial charge in [-0.1, -0.05) is 53.7 Å². The number of carboxylic acid groups (broad SMARTS) is 1. The normalized spacial score (nSPS) is 11.4. The van der Waals surface area contributed by atoms with Crippen molar-refractivity contribution in [1.29, 1.82) is 0 Å². The summed E-state index contributed by atoms with van der Waals surface area (Å²) < 4.78 is 4.74. The highest BCUT2D eigenvalue weighted by Gasteiger charge is 2.15. The van der Waals surface area contributed by atoms with Crippen LogP contribution in [0.4, 0.5) is 0 Å². The third-order valence-electron chi connectivity index (χ3n) is 3.73. The van der Waals surface area contributed by atoms with Gasteiger partial charge in [0.05, 0.1) is 11.2 Å². The van der Waals surface area contributed by atoms with Crippen LogP contribution in [0.1, 0.15) is 21.9 Å². The van der Waals surface area contributed by atoms with Crippen molar-refractivity contribution in [3.8, 4) is 11.4 Å². The number of fused-ring (bicyclic) bond motifs is 1. The Bertz CT molecular complexity index is 1090. The number of nitrogens with one attached hydrogen (secondary N) is 1. The van der Waals surface area contributed by atoms with E-state index in [1.54, 1.807) is 6.07 Å². The van der Waals surface area contributed by atoms with Gasteiger partial charge >= 0.3 is 11.9 Å². The Balaban J connectivity index is 1.72. The van der Waals surface area contributed by atoms with Crippen molar-refractivity contribution in [2.24, 2.45) is 0 Å². The first-order valence-corrected chi connectivity index (χ1v) is 7.50. The van der Waals surface area contributed by atoms with E-state index in [0.717, 1.165) is 22.2 Å². The van der Waals surface area contributed by atoms with E-state index in [4.69, 9.17) is 9.63 Å². The Kier molecular flexibility index (Phi) is 3.59. The average Bonchev–Trinajstić information content (AvgIpc) is 3.28. The second kappa shape index (κ2) is 6.04. The number of carbonyl (C=O) groups is 1. The first kappa shape index (κ1) is 14.8. The Morgan fingerprint density at radius 1 is 1.08 bits per heavy atom. The molecule has 0 amide bonds. The van der Waals surface area contributed by atoms with E-state index in [1.165, 1.54) is 0 Å².